The second-order valence-electron chi connectivity index (χ2n) is 6.25. The van der Waals surface area contributed by atoms with Crippen molar-refractivity contribution in [3.05, 3.63) is 0 Å². The van der Waals surface area contributed by atoms with Gasteiger partial charge in [0.1, 0.15) is 6.10 Å². The van der Waals surface area contributed by atoms with Gasteiger partial charge >= 0.3 is 5.97 Å². The van der Waals surface area contributed by atoms with E-state index in [1.54, 1.807) is 0 Å². The van der Waals surface area contributed by atoms with Gasteiger partial charge in [-0.15, -0.1) is 0 Å². The van der Waals surface area contributed by atoms with E-state index < -0.39 is 24.8 Å². The average Bonchev–Trinajstić information content (AvgIpc) is 2.51. The number of carbonyl (C=O) groups is 1. The van der Waals surface area contributed by atoms with Crippen LogP contribution in [-0.4, -0.2) is 45.2 Å². The van der Waals surface area contributed by atoms with E-state index in [1.165, 1.54) is 32.1 Å². The zero-order chi connectivity index (χ0) is 16.8. The summed E-state index contributed by atoms with van der Waals surface area (Å²) in [4.78, 5) is 10.7. The predicted octanol–water partition coefficient (Wildman–Crippen LogP) is 2.71. The summed E-state index contributed by atoms with van der Waals surface area (Å²) in [6.45, 7) is 1.74. The molecule has 22 heavy (non-hydrogen) atoms. The standard InChI is InChI=1S/C17H34O5/c1-2-3-4-5-6-7-8-14(10-12-17(21)22)9-11-15(19)16(20)13-18/h14-16,18-20H,2-13H2,1H3,(H,21,22). The van der Waals surface area contributed by atoms with Crippen LogP contribution in [0.25, 0.3) is 0 Å². The molecule has 0 aliphatic carbocycles. The van der Waals surface area contributed by atoms with Crippen molar-refractivity contribution < 1.29 is 25.2 Å². The topological polar surface area (TPSA) is 98.0 Å². The van der Waals surface area contributed by atoms with Gasteiger partial charge in [-0.25, -0.2) is 0 Å². The first-order valence-electron chi connectivity index (χ1n) is 8.70. The lowest BCUT2D eigenvalue weighted by molar-refractivity contribution is -0.137. The van der Waals surface area contributed by atoms with Crippen LogP contribution in [0.15, 0.2) is 0 Å². The molecule has 0 rings (SSSR count). The van der Waals surface area contributed by atoms with Crippen LogP contribution in [0.4, 0.5) is 0 Å². The van der Waals surface area contributed by atoms with Gasteiger partial charge in [0.25, 0.3) is 0 Å². The highest BCUT2D eigenvalue weighted by Gasteiger charge is 2.18. The normalized spacial score (nSPS) is 15.5. The summed E-state index contributed by atoms with van der Waals surface area (Å²) >= 11 is 0. The Hall–Kier alpha value is -0.650. The van der Waals surface area contributed by atoms with E-state index in [4.69, 9.17) is 10.2 Å². The molecule has 0 heterocycles. The third kappa shape index (κ3) is 12.0. The Morgan fingerprint density at radius 2 is 1.50 bits per heavy atom. The van der Waals surface area contributed by atoms with Gasteiger partial charge in [-0.2, -0.15) is 0 Å². The molecule has 0 spiro atoms. The molecule has 5 nitrogen and oxygen atoms in total. The van der Waals surface area contributed by atoms with Crippen molar-refractivity contribution in [3.8, 4) is 0 Å². The van der Waals surface area contributed by atoms with Gasteiger partial charge in [-0.3, -0.25) is 4.79 Å². The molecule has 0 aliphatic heterocycles. The van der Waals surface area contributed by atoms with E-state index in [2.05, 4.69) is 6.92 Å². The van der Waals surface area contributed by atoms with Crippen molar-refractivity contribution in [2.24, 2.45) is 5.92 Å². The minimum absolute atomic E-state index is 0.152. The zero-order valence-electron chi connectivity index (χ0n) is 13.9. The summed E-state index contributed by atoms with van der Waals surface area (Å²) in [5, 5.41) is 36.7. The number of aliphatic hydroxyl groups is 3. The number of aliphatic hydroxyl groups excluding tert-OH is 3. The second kappa shape index (κ2) is 14.0. The average molecular weight is 318 g/mol. The maximum absolute atomic E-state index is 10.7. The van der Waals surface area contributed by atoms with Gasteiger partial charge < -0.3 is 20.4 Å². The summed E-state index contributed by atoms with van der Waals surface area (Å²) < 4.78 is 0. The van der Waals surface area contributed by atoms with Gasteiger partial charge in [-0.05, 0) is 25.2 Å². The maximum atomic E-state index is 10.7. The highest BCUT2D eigenvalue weighted by atomic mass is 16.4. The Labute approximate surface area is 134 Å². The van der Waals surface area contributed by atoms with E-state index in [9.17, 15) is 15.0 Å². The number of rotatable bonds is 15. The van der Waals surface area contributed by atoms with Crippen molar-refractivity contribution in [2.75, 3.05) is 6.61 Å². The molecule has 0 bridgehead atoms. The fourth-order valence-corrected chi connectivity index (χ4v) is 2.69. The van der Waals surface area contributed by atoms with Crippen LogP contribution in [0.5, 0.6) is 0 Å². The molecule has 0 aliphatic rings. The van der Waals surface area contributed by atoms with Gasteiger partial charge in [-0.1, -0.05) is 51.9 Å². The van der Waals surface area contributed by atoms with E-state index in [1.807, 2.05) is 0 Å². The molecule has 0 saturated heterocycles. The van der Waals surface area contributed by atoms with Gasteiger partial charge in [0, 0.05) is 6.42 Å². The number of aliphatic carboxylic acids is 1. The molecule has 0 aromatic carbocycles. The van der Waals surface area contributed by atoms with E-state index in [-0.39, 0.29) is 12.3 Å². The number of hydrogen-bond donors (Lipinski definition) is 4. The molecule has 3 unspecified atom stereocenters. The monoisotopic (exact) mass is 318 g/mol. The van der Waals surface area contributed by atoms with E-state index in [0.717, 1.165) is 12.8 Å². The van der Waals surface area contributed by atoms with Gasteiger partial charge in [0.15, 0.2) is 0 Å². The fourth-order valence-electron chi connectivity index (χ4n) is 2.69. The molecule has 0 aromatic heterocycles. The third-order valence-electron chi connectivity index (χ3n) is 4.23. The minimum Gasteiger partial charge on any atom is -0.481 e. The van der Waals surface area contributed by atoms with Crippen molar-refractivity contribution in [1.82, 2.24) is 0 Å². The molecular weight excluding hydrogens is 284 g/mol. The Kier molecular flexibility index (Phi) is 13.6. The van der Waals surface area contributed by atoms with Crippen molar-refractivity contribution in [2.45, 2.75) is 89.8 Å². The van der Waals surface area contributed by atoms with Crippen LogP contribution in [-0.2, 0) is 4.79 Å². The quantitative estimate of drug-likeness (QED) is 0.348. The van der Waals surface area contributed by atoms with Crippen LogP contribution >= 0.6 is 0 Å². The number of unbranched alkanes of at least 4 members (excludes halogenated alkanes) is 5. The lowest BCUT2D eigenvalue weighted by atomic mass is 9.89. The molecule has 4 N–H and O–H groups in total. The first kappa shape index (κ1) is 21.4. The summed E-state index contributed by atoms with van der Waals surface area (Å²) in [7, 11) is 0. The second-order valence-corrected chi connectivity index (χ2v) is 6.25. The molecule has 0 amide bonds. The SMILES string of the molecule is CCCCCCCCC(CCC(=O)O)CCC(O)C(O)CO. The first-order valence-corrected chi connectivity index (χ1v) is 8.70. The van der Waals surface area contributed by atoms with Crippen molar-refractivity contribution in [3.63, 3.8) is 0 Å². The molecule has 0 saturated carbocycles. The number of carboxylic acid groups (broad SMARTS) is 1. The molecule has 0 aromatic rings. The largest absolute Gasteiger partial charge is 0.481 e. The molecular formula is C17H34O5. The predicted molar refractivity (Wildman–Crippen MR) is 86.7 cm³/mol. The molecule has 5 heteroatoms. The van der Waals surface area contributed by atoms with Crippen LogP contribution in [0.2, 0.25) is 0 Å². The number of hydrogen-bond acceptors (Lipinski definition) is 4. The molecule has 3 atom stereocenters. The van der Waals surface area contributed by atoms with E-state index in [0.29, 0.717) is 19.3 Å². The van der Waals surface area contributed by atoms with Crippen LogP contribution in [0, 0.1) is 5.92 Å². The van der Waals surface area contributed by atoms with E-state index >= 15 is 0 Å². The van der Waals surface area contributed by atoms with Crippen LogP contribution in [0.1, 0.15) is 77.6 Å². The molecule has 0 fully saturated rings. The summed E-state index contributed by atoms with van der Waals surface area (Å²) in [5.41, 5.74) is 0. The maximum Gasteiger partial charge on any atom is 0.303 e. The van der Waals surface area contributed by atoms with Gasteiger partial charge in [0.2, 0.25) is 0 Å². The minimum atomic E-state index is -1.10. The number of carboxylic acids is 1. The summed E-state index contributed by atoms with van der Waals surface area (Å²) in [6.07, 6.45) is 8.06. The van der Waals surface area contributed by atoms with Crippen LogP contribution < -0.4 is 0 Å². The smallest absolute Gasteiger partial charge is 0.303 e. The third-order valence-corrected chi connectivity index (χ3v) is 4.23. The van der Waals surface area contributed by atoms with Crippen molar-refractivity contribution >= 4 is 5.97 Å². The Bertz CT molecular complexity index is 270. The Balaban J connectivity index is 4.00. The van der Waals surface area contributed by atoms with Gasteiger partial charge in [0.05, 0.1) is 12.7 Å². The fraction of sp³-hybridized carbons (Fsp3) is 0.941. The lowest BCUT2D eigenvalue weighted by Crippen LogP contribution is -2.29. The Morgan fingerprint density at radius 1 is 0.864 bits per heavy atom. The summed E-state index contributed by atoms with van der Waals surface area (Å²) in [6, 6.07) is 0. The zero-order valence-corrected chi connectivity index (χ0v) is 13.9. The van der Waals surface area contributed by atoms with Crippen molar-refractivity contribution in [1.29, 1.82) is 0 Å². The van der Waals surface area contributed by atoms with Crippen LogP contribution in [0.3, 0.4) is 0 Å². The lowest BCUT2D eigenvalue weighted by Gasteiger charge is -2.20. The Morgan fingerprint density at radius 3 is 2.09 bits per heavy atom. The summed E-state index contributed by atoms with van der Waals surface area (Å²) in [5.74, 6) is -0.522. The molecule has 0 radical (unpaired) electrons. The molecule has 132 valence electrons. The highest BCUT2D eigenvalue weighted by molar-refractivity contribution is 5.66. The first-order chi connectivity index (χ1) is 10.5. The highest BCUT2D eigenvalue weighted by Crippen LogP contribution is 2.23.